The number of hydrogen-bond acceptors (Lipinski definition) is 4. The van der Waals surface area contributed by atoms with E-state index in [4.69, 9.17) is 0 Å². The summed E-state index contributed by atoms with van der Waals surface area (Å²) in [4.78, 5) is 0.448. The van der Waals surface area contributed by atoms with E-state index >= 15 is 0 Å². The average Bonchev–Trinajstić information content (AvgIpc) is 2.52. The Hall–Kier alpha value is -1.33. The lowest BCUT2D eigenvalue weighted by Crippen LogP contribution is -2.09. The van der Waals surface area contributed by atoms with Gasteiger partial charge in [-0.05, 0) is 44.1 Å². The van der Waals surface area contributed by atoms with E-state index in [0.717, 1.165) is 13.0 Å². The molecule has 0 bridgehead atoms. The summed E-state index contributed by atoms with van der Waals surface area (Å²) in [7, 11) is -1.64. The van der Waals surface area contributed by atoms with Crippen molar-refractivity contribution >= 4 is 15.9 Å². The number of fused-ring (bicyclic) bond motifs is 1. The highest BCUT2D eigenvalue weighted by Crippen LogP contribution is 2.39. The van der Waals surface area contributed by atoms with Gasteiger partial charge in [0.2, 0.25) is 9.84 Å². The van der Waals surface area contributed by atoms with Gasteiger partial charge in [0, 0.05) is 0 Å². The third-order valence-corrected chi connectivity index (χ3v) is 4.80. The summed E-state index contributed by atoms with van der Waals surface area (Å²) in [5.74, 6) is -0.164. The topological polar surface area (TPSA) is 66.4 Å². The van der Waals surface area contributed by atoms with E-state index in [-0.39, 0.29) is 10.6 Å². The first-order valence-corrected chi connectivity index (χ1v) is 6.98. The molecule has 0 saturated heterocycles. The maximum Gasteiger partial charge on any atom is 0.207 e. The highest BCUT2D eigenvalue weighted by Gasteiger charge is 2.31. The zero-order valence-corrected chi connectivity index (χ0v) is 10.4. The van der Waals surface area contributed by atoms with Crippen molar-refractivity contribution in [3.63, 3.8) is 0 Å². The summed E-state index contributed by atoms with van der Waals surface area (Å²) < 4.78 is 24.3. The summed E-state index contributed by atoms with van der Waals surface area (Å²) in [5, 5.41) is 12.6. The number of hydrogen-bond donors (Lipinski definition) is 2. The van der Waals surface area contributed by atoms with Gasteiger partial charge in [-0.25, -0.2) is 8.42 Å². The van der Waals surface area contributed by atoms with Crippen LogP contribution in [0.4, 0.5) is 0 Å². The number of phenols is 1. The highest BCUT2D eigenvalue weighted by atomic mass is 32.2. The summed E-state index contributed by atoms with van der Waals surface area (Å²) >= 11 is 0. The van der Waals surface area contributed by atoms with Gasteiger partial charge in [-0.2, -0.15) is 0 Å². The quantitative estimate of drug-likeness (QED) is 0.798. The first-order chi connectivity index (χ1) is 8.07. The van der Waals surface area contributed by atoms with Gasteiger partial charge in [0.25, 0.3) is 0 Å². The van der Waals surface area contributed by atoms with E-state index in [0.29, 0.717) is 16.9 Å². The summed E-state index contributed by atoms with van der Waals surface area (Å²) in [6.45, 7) is 0.773. The molecule has 0 spiro atoms. The molecule has 0 aliphatic carbocycles. The molecule has 0 unspecified atom stereocenters. The molecule has 0 fully saturated rings. The minimum absolute atomic E-state index is 0.0551. The minimum Gasteiger partial charge on any atom is -0.507 e. The molecule has 0 atom stereocenters. The van der Waals surface area contributed by atoms with Crippen LogP contribution in [0.1, 0.15) is 18.4 Å². The van der Waals surface area contributed by atoms with Crippen LogP contribution in [0.15, 0.2) is 28.0 Å². The fourth-order valence-corrected chi connectivity index (χ4v) is 3.71. The van der Waals surface area contributed by atoms with Gasteiger partial charge in [0.15, 0.2) is 0 Å². The van der Waals surface area contributed by atoms with Gasteiger partial charge in [-0.1, -0.05) is 12.1 Å². The molecule has 2 rings (SSSR count). The van der Waals surface area contributed by atoms with Gasteiger partial charge in [0.1, 0.15) is 10.6 Å². The van der Waals surface area contributed by atoms with Crippen LogP contribution in [0, 0.1) is 0 Å². The largest absolute Gasteiger partial charge is 0.507 e. The Morgan fingerprint density at radius 3 is 2.76 bits per heavy atom. The molecule has 0 saturated carbocycles. The molecule has 0 aromatic heterocycles. The molecule has 1 aliphatic rings. The molecular formula is C12H15NO3S. The lowest BCUT2D eigenvalue weighted by atomic mass is 10.2. The Morgan fingerprint density at radius 1 is 1.35 bits per heavy atom. The van der Waals surface area contributed by atoms with E-state index in [2.05, 4.69) is 5.32 Å². The Labute approximate surface area is 101 Å². The van der Waals surface area contributed by atoms with Gasteiger partial charge in [0.05, 0.1) is 4.91 Å². The van der Waals surface area contributed by atoms with Gasteiger partial charge in [-0.3, -0.25) is 0 Å². The Kier molecular flexibility index (Phi) is 3.22. The number of benzene rings is 1. The molecule has 1 heterocycles. The molecule has 92 valence electrons. The number of sulfone groups is 1. The van der Waals surface area contributed by atoms with Crippen LogP contribution >= 0.6 is 0 Å². The summed E-state index contributed by atoms with van der Waals surface area (Å²) in [6.07, 6.45) is 2.91. The lowest BCUT2D eigenvalue weighted by molar-refractivity contribution is 0.459. The number of allylic oxidation sites excluding steroid dienone is 1. The van der Waals surface area contributed by atoms with Crippen molar-refractivity contribution in [3.05, 3.63) is 28.7 Å². The van der Waals surface area contributed by atoms with E-state index in [1.807, 2.05) is 7.05 Å². The second-order valence-electron chi connectivity index (χ2n) is 4.02. The summed E-state index contributed by atoms with van der Waals surface area (Å²) in [5.41, 5.74) is 0.587. The van der Waals surface area contributed by atoms with Crippen molar-refractivity contribution in [1.82, 2.24) is 5.32 Å². The van der Waals surface area contributed by atoms with Crippen molar-refractivity contribution in [3.8, 4) is 5.75 Å². The molecule has 5 heteroatoms. The van der Waals surface area contributed by atoms with Gasteiger partial charge >= 0.3 is 0 Å². The molecule has 2 N–H and O–H groups in total. The zero-order valence-electron chi connectivity index (χ0n) is 9.60. The van der Waals surface area contributed by atoms with Crippen LogP contribution in [0.25, 0.3) is 6.08 Å². The Morgan fingerprint density at radius 2 is 2.12 bits per heavy atom. The maximum atomic E-state index is 12.2. The zero-order chi connectivity index (χ0) is 12.5. The van der Waals surface area contributed by atoms with E-state index in [9.17, 15) is 13.5 Å². The van der Waals surface area contributed by atoms with Crippen molar-refractivity contribution in [2.24, 2.45) is 0 Å². The highest BCUT2D eigenvalue weighted by molar-refractivity contribution is 7.96. The standard InChI is InChI=1S/C12H15NO3S/c1-13-7-3-5-10-8-9-4-2-6-11(14)12(9)17(10,15)16/h2,4,6,8,13-14H,3,5,7H2,1H3. The van der Waals surface area contributed by atoms with Crippen LogP contribution < -0.4 is 5.32 Å². The third-order valence-electron chi connectivity index (χ3n) is 2.81. The van der Waals surface area contributed by atoms with Crippen molar-refractivity contribution in [2.45, 2.75) is 17.7 Å². The second-order valence-corrected chi connectivity index (χ2v) is 5.96. The molecule has 1 aromatic carbocycles. The van der Waals surface area contributed by atoms with Crippen LogP contribution in [-0.4, -0.2) is 27.1 Å². The molecule has 1 aliphatic heterocycles. The van der Waals surface area contributed by atoms with Gasteiger partial charge in [-0.15, -0.1) is 0 Å². The third kappa shape index (κ3) is 2.08. The Balaban J connectivity index is 2.33. The van der Waals surface area contributed by atoms with Crippen molar-refractivity contribution in [1.29, 1.82) is 0 Å². The lowest BCUT2D eigenvalue weighted by Gasteiger charge is -2.05. The molecule has 4 nitrogen and oxygen atoms in total. The van der Waals surface area contributed by atoms with E-state index in [1.165, 1.54) is 6.07 Å². The predicted octanol–water partition coefficient (Wildman–Crippen LogP) is 1.52. The fourth-order valence-electron chi connectivity index (χ4n) is 1.98. The number of phenolic OH excluding ortho intramolecular Hbond substituents is 1. The molecule has 1 aromatic rings. The van der Waals surface area contributed by atoms with Crippen LogP contribution in [-0.2, 0) is 9.84 Å². The van der Waals surface area contributed by atoms with Crippen molar-refractivity contribution < 1.29 is 13.5 Å². The van der Waals surface area contributed by atoms with Crippen molar-refractivity contribution in [2.75, 3.05) is 13.6 Å². The average molecular weight is 253 g/mol. The first kappa shape index (κ1) is 12.1. The first-order valence-electron chi connectivity index (χ1n) is 5.49. The van der Waals surface area contributed by atoms with E-state index in [1.54, 1.807) is 18.2 Å². The monoisotopic (exact) mass is 253 g/mol. The summed E-state index contributed by atoms with van der Waals surface area (Å²) in [6, 6.07) is 4.76. The van der Waals surface area contributed by atoms with Crippen LogP contribution in [0.3, 0.4) is 0 Å². The number of nitrogens with one attached hydrogen (secondary N) is 1. The van der Waals surface area contributed by atoms with Crippen LogP contribution in [0.2, 0.25) is 0 Å². The van der Waals surface area contributed by atoms with Gasteiger partial charge < -0.3 is 10.4 Å². The number of aromatic hydroxyl groups is 1. The van der Waals surface area contributed by atoms with E-state index < -0.39 is 9.84 Å². The minimum atomic E-state index is -3.47. The smallest absolute Gasteiger partial charge is 0.207 e. The number of rotatable bonds is 4. The SMILES string of the molecule is CNCCCC1=Cc2cccc(O)c2S1(=O)=O. The normalized spacial score (nSPS) is 16.6. The molecular weight excluding hydrogens is 238 g/mol. The van der Waals surface area contributed by atoms with Crippen LogP contribution in [0.5, 0.6) is 5.75 Å². The molecule has 0 radical (unpaired) electrons. The molecule has 17 heavy (non-hydrogen) atoms. The maximum absolute atomic E-state index is 12.2. The fraction of sp³-hybridized carbons (Fsp3) is 0.333. The Bertz CT molecular complexity index is 561. The molecule has 0 amide bonds. The second kappa shape index (κ2) is 4.50. The predicted molar refractivity (Wildman–Crippen MR) is 66.4 cm³/mol.